The Balaban J connectivity index is 2.50. The maximum atomic E-state index is 14.1. The molecule has 19 heavy (non-hydrogen) atoms. The molecule has 2 heterocycles. The van der Waals surface area contributed by atoms with Crippen LogP contribution in [0.4, 0.5) is 8.78 Å². The van der Waals surface area contributed by atoms with E-state index in [9.17, 15) is 8.78 Å². The lowest BCUT2D eigenvalue weighted by molar-refractivity contribution is 0.615. The van der Waals surface area contributed by atoms with Crippen molar-refractivity contribution in [3.8, 4) is 0 Å². The molecule has 0 radical (unpaired) electrons. The maximum absolute atomic E-state index is 14.1. The van der Waals surface area contributed by atoms with Crippen LogP contribution in [-0.2, 0) is 0 Å². The lowest BCUT2D eigenvalue weighted by Crippen LogP contribution is -1.95. The van der Waals surface area contributed by atoms with Gasteiger partial charge in [-0.25, -0.2) is 13.8 Å². The molecule has 4 heteroatoms. The summed E-state index contributed by atoms with van der Waals surface area (Å²) in [5.41, 5.74) is 0.860. The zero-order chi connectivity index (χ0) is 13.0. The van der Waals surface area contributed by atoms with Crippen molar-refractivity contribution < 1.29 is 8.78 Å². The molecule has 0 aliphatic heterocycles. The minimum absolute atomic E-state index is 0.228. The largest absolute Gasteiger partial charge is 0.296 e. The van der Waals surface area contributed by atoms with Crippen LogP contribution >= 0.6 is 0 Å². The van der Waals surface area contributed by atoms with Gasteiger partial charge < -0.3 is 0 Å². The number of rotatable bonds is 0. The highest BCUT2D eigenvalue weighted by molar-refractivity contribution is 6.11. The molecular weight excluding hydrogens is 246 g/mol. The van der Waals surface area contributed by atoms with E-state index in [0.717, 1.165) is 17.5 Å². The first-order chi connectivity index (χ1) is 9.27. The highest BCUT2D eigenvalue weighted by Crippen LogP contribution is 2.31. The summed E-state index contributed by atoms with van der Waals surface area (Å²) in [6, 6.07) is 9.63. The van der Waals surface area contributed by atoms with Gasteiger partial charge in [-0.3, -0.25) is 4.40 Å². The first-order valence-electron chi connectivity index (χ1n) is 5.89. The molecule has 2 nitrogen and oxygen atoms in total. The standard InChI is InChI=1S/C15H8F2N2/c16-11-5-6-12(17)14-13(11)9-3-1-2-4-10(9)15-18-7-8-19(14)15/h1-8H. The molecule has 2 aromatic heterocycles. The minimum atomic E-state index is -0.454. The third kappa shape index (κ3) is 1.25. The SMILES string of the molecule is Fc1ccc(F)c2c1c1ccccc1c1nccn12. The monoisotopic (exact) mass is 254 g/mol. The topological polar surface area (TPSA) is 17.3 Å². The van der Waals surface area contributed by atoms with E-state index < -0.39 is 11.6 Å². The molecule has 2 aromatic carbocycles. The summed E-state index contributed by atoms with van der Waals surface area (Å²) in [7, 11) is 0. The second-order valence-corrected chi connectivity index (χ2v) is 4.42. The van der Waals surface area contributed by atoms with E-state index in [1.54, 1.807) is 22.9 Å². The lowest BCUT2D eigenvalue weighted by atomic mass is 10.1. The van der Waals surface area contributed by atoms with Gasteiger partial charge in [0.25, 0.3) is 0 Å². The third-order valence-corrected chi connectivity index (χ3v) is 3.40. The van der Waals surface area contributed by atoms with E-state index in [1.807, 2.05) is 18.2 Å². The number of hydrogen-bond donors (Lipinski definition) is 0. The van der Waals surface area contributed by atoms with Crippen LogP contribution in [0.15, 0.2) is 48.8 Å². The van der Waals surface area contributed by atoms with E-state index in [1.165, 1.54) is 0 Å². The summed E-state index contributed by atoms with van der Waals surface area (Å²) in [5, 5.41) is 1.78. The fourth-order valence-electron chi connectivity index (χ4n) is 2.61. The summed E-state index contributed by atoms with van der Waals surface area (Å²) in [6.07, 6.45) is 3.23. The van der Waals surface area contributed by atoms with Crippen molar-refractivity contribution in [1.82, 2.24) is 9.38 Å². The van der Waals surface area contributed by atoms with Crippen molar-refractivity contribution in [2.45, 2.75) is 0 Å². The average molecular weight is 254 g/mol. The molecular formula is C15H8F2N2. The van der Waals surface area contributed by atoms with E-state index >= 15 is 0 Å². The predicted octanol–water partition coefficient (Wildman–Crippen LogP) is 3.92. The van der Waals surface area contributed by atoms with Crippen LogP contribution < -0.4 is 0 Å². The Labute approximate surface area is 106 Å². The molecule has 92 valence electrons. The summed E-state index contributed by atoms with van der Waals surface area (Å²) in [4.78, 5) is 4.24. The Morgan fingerprint density at radius 2 is 1.63 bits per heavy atom. The summed E-state index contributed by atoms with van der Waals surface area (Å²) < 4.78 is 29.8. The van der Waals surface area contributed by atoms with E-state index in [2.05, 4.69) is 4.98 Å². The molecule has 0 saturated heterocycles. The molecule has 0 N–H and O–H groups in total. The van der Waals surface area contributed by atoms with Crippen molar-refractivity contribution in [2.24, 2.45) is 0 Å². The number of halogens is 2. The van der Waals surface area contributed by atoms with Crippen LogP contribution in [-0.4, -0.2) is 9.38 Å². The van der Waals surface area contributed by atoms with Crippen LogP contribution in [0.3, 0.4) is 0 Å². The molecule has 0 aliphatic rings. The van der Waals surface area contributed by atoms with Crippen molar-refractivity contribution in [3.05, 3.63) is 60.4 Å². The zero-order valence-corrected chi connectivity index (χ0v) is 9.77. The normalized spacial score (nSPS) is 11.7. The van der Waals surface area contributed by atoms with Crippen LogP contribution in [0.2, 0.25) is 0 Å². The van der Waals surface area contributed by atoms with Gasteiger partial charge in [-0.15, -0.1) is 0 Å². The van der Waals surface area contributed by atoms with Gasteiger partial charge in [0.05, 0.1) is 5.52 Å². The maximum Gasteiger partial charge on any atom is 0.148 e. The predicted molar refractivity (Wildman–Crippen MR) is 70.1 cm³/mol. The van der Waals surface area contributed by atoms with E-state index in [4.69, 9.17) is 0 Å². The average Bonchev–Trinajstić information content (AvgIpc) is 2.91. The van der Waals surface area contributed by atoms with Gasteiger partial charge >= 0.3 is 0 Å². The van der Waals surface area contributed by atoms with Crippen LogP contribution in [0.5, 0.6) is 0 Å². The second kappa shape index (κ2) is 3.51. The zero-order valence-electron chi connectivity index (χ0n) is 9.77. The number of pyridine rings is 1. The van der Waals surface area contributed by atoms with Crippen molar-refractivity contribution >= 4 is 27.3 Å². The van der Waals surface area contributed by atoms with Crippen molar-refractivity contribution in [1.29, 1.82) is 0 Å². The Morgan fingerprint density at radius 1 is 0.895 bits per heavy atom. The highest BCUT2D eigenvalue weighted by atomic mass is 19.1. The van der Waals surface area contributed by atoms with Gasteiger partial charge in [0.2, 0.25) is 0 Å². The summed E-state index contributed by atoms with van der Waals surface area (Å²) in [6.45, 7) is 0. The van der Waals surface area contributed by atoms with Gasteiger partial charge in [0.15, 0.2) is 0 Å². The quantitative estimate of drug-likeness (QED) is 0.435. The molecule has 0 aliphatic carbocycles. The second-order valence-electron chi connectivity index (χ2n) is 4.42. The number of imidazole rings is 1. The molecule has 0 saturated carbocycles. The summed E-state index contributed by atoms with van der Waals surface area (Å²) in [5.74, 6) is -0.881. The number of nitrogens with zero attached hydrogens (tertiary/aromatic N) is 2. The van der Waals surface area contributed by atoms with Gasteiger partial charge in [-0.1, -0.05) is 24.3 Å². The molecule has 4 rings (SSSR count). The van der Waals surface area contributed by atoms with Gasteiger partial charge in [0.1, 0.15) is 17.3 Å². The number of fused-ring (bicyclic) bond motifs is 6. The summed E-state index contributed by atoms with van der Waals surface area (Å²) >= 11 is 0. The third-order valence-electron chi connectivity index (χ3n) is 3.40. The first kappa shape index (κ1) is 10.4. The lowest BCUT2D eigenvalue weighted by Gasteiger charge is -2.09. The smallest absolute Gasteiger partial charge is 0.148 e. The highest BCUT2D eigenvalue weighted by Gasteiger charge is 2.15. The van der Waals surface area contributed by atoms with Gasteiger partial charge in [-0.05, 0) is 17.5 Å². The first-order valence-corrected chi connectivity index (χ1v) is 5.89. The molecule has 0 amide bonds. The number of benzene rings is 2. The number of aromatic nitrogens is 2. The van der Waals surface area contributed by atoms with Crippen LogP contribution in [0.25, 0.3) is 27.3 Å². The number of hydrogen-bond acceptors (Lipinski definition) is 1. The van der Waals surface area contributed by atoms with Crippen molar-refractivity contribution in [2.75, 3.05) is 0 Å². The van der Waals surface area contributed by atoms with E-state index in [-0.39, 0.29) is 5.52 Å². The molecule has 4 aromatic rings. The fourth-order valence-corrected chi connectivity index (χ4v) is 2.61. The Hall–Kier alpha value is -2.49. The Bertz CT molecular complexity index is 941. The van der Waals surface area contributed by atoms with Crippen LogP contribution in [0.1, 0.15) is 0 Å². The molecule has 0 fully saturated rings. The Kier molecular flexibility index (Phi) is 1.93. The minimum Gasteiger partial charge on any atom is -0.296 e. The van der Waals surface area contributed by atoms with Crippen molar-refractivity contribution in [3.63, 3.8) is 0 Å². The van der Waals surface area contributed by atoms with Gasteiger partial charge in [0, 0.05) is 23.2 Å². The molecule has 0 spiro atoms. The molecule has 0 unspecified atom stereocenters. The molecule has 0 bridgehead atoms. The van der Waals surface area contributed by atoms with Crippen LogP contribution in [0, 0.1) is 11.6 Å². The van der Waals surface area contributed by atoms with Gasteiger partial charge in [-0.2, -0.15) is 0 Å². The molecule has 0 atom stereocenters. The Morgan fingerprint density at radius 3 is 2.47 bits per heavy atom. The fraction of sp³-hybridized carbons (Fsp3) is 0. The van der Waals surface area contributed by atoms with E-state index in [0.29, 0.717) is 16.4 Å².